The standard InChI is InChI=1S/C17H19ClN2O3S/c1-13(15-9-5-6-10-16(15)18)20-17(21)11-12-19-24(22,23)14-7-3-2-4-8-14/h2-10,13,19H,11-12H2,1H3,(H,20,21). The van der Waals surface area contributed by atoms with Gasteiger partial charge in [0.25, 0.3) is 0 Å². The van der Waals surface area contributed by atoms with Crippen molar-refractivity contribution in [1.82, 2.24) is 10.0 Å². The first-order chi connectivity index (χ1) is 11.4. The lowest BCUT2D eigenvalue weighted by Crippen LogP contribution is -2.32. The van der Waals surface area contributed by atoms with Crippen LogP contribution in [0.15, 0.2) is 59.5 Å². The Morgan fingerprint density at radius 3 is 2.38 bits per heavy atom. The summed E-state index contributed by atoms with van der Waals surface area (Å²) in [5.41, 5.74) is 0.817. The Labute approximate surface area is 147 Å². The van der Waals surface area contributed by atoms with Crippen molar-refractivity contribution in [1.29, 1.82) is 0 Å². The lowest BCUT2D eigenvalue weighted by atomic mass is 10.1. The molecule has 0 spiro atoms. The lowest BCUT2D eigenvalue weighted by molar-refractivity contribution is -0.121. The van der Waals surface area contributed by atoms with E-state index < -0.39 is 10.0 Å². The van der Waals surface area contributed by atoms with Gasteiger partial charge in [0.2, 0.25) is 15.9 Å². The molecule has 2 N–H and O–H groups in total. The Bertz CT molecular complexity index is 794. The number of rotatable bonds is 7. The van der Waals surface area contributed by atoms with Crippen LogP contribution < -0.4 is 10.0 Å². The Morgan fingerprint density at radius 2 is 1.71 bits per heavy atom. The van der Waals surface area contributed by atoms with E-state index in [1.165, 1.54) is 12.1 Å². The largest absolute Gasteiger partial charge is 0.349 e. The molecule has 0 saturated carbocycles. The zero-order valence-electron chi connectivity index (χ0n) is 13.2. The Balaban J connectivity index is 1.85. The fourth-order valence-electron chi connectivity index (χ4n) is 2.20. The maximum Gasteiger partial charge on any atom is 0.240 e. The quantitative estimate of drug-likeness (QED) is 0.791. The number of amides is 1. The van der Waals surface area contributed by atoms with Crippen LogP contribution in [0.4, 0.5) is 0 Å². The van der Waals surface area contributed by atoms with E-state index in [-0.39, 0.29) is 29.8 Å². The van der Waals surface area contributed by atoms with Gasteiger partial charge >= 0.3 is 0 Å². The molecule has 0 aliphatic rings. The minimum atomic E-state index is -3.59. The third-order valence-electron chi connectivity index (χ3n) is 3.45. The summed E-state index contributed by atoms with van der Waals surface area (Å²) in [6.45, 7) is 1.85. The van der Waals surface area contributed by atoms with E-state index >= 15 is 0 Å². The van der Waals surface area contributed by atoms with Crippen molar-refractivity contribution < 1.29 is 13.2 Å². The molecule has 2 aromatic rings. The molecule has 2 aromatic carbocycles. The van der Waals surface area contributed by atoms with E-state index in [1.54, 1.807) is 24.3 Å². The maximum absolute atomic E-state index is 12.0. The maximum atomic E-state index is 12.0. The Morgan fingerprint density at radius 1 is 1.08 bits per heavy atom. The van der Waals surface area contributed by atoms with Gasteiger partial charge in [0, 0.05) is 18.0 Å². The first-order valence-electron chi connectivity index (χ1n) is 7.48. The van der Waals surface area contributed by atoms with Crippen molar-refractivity contribution in [2.45, 2.75) is 24.3 Å². The highest BCUT2D eigenvalue weighted by Crippen LogP contribution is 2.22. The van der Waals surface area contributed by atoms with E-state index in [1.807, 2.05) is 25.1 Å². The van der Waals surface area contributed by atoms with Crippen LogP contribution in [0.5, 0.6) is 0 Å². The molecular formula is C17H19ClN2O3S. The third kappa shape index (κ3) is 5.06. The number of carbonyl (C=O) groups is 1. The Hall–Kier alpha value is -1.89. The minimum absolute atomic E-state index is 0.0261. The number of nitrogens with one attached hydrogen (secondary N) is 2. The zero-order chi connectivity index (χ0) is 17.6. The molecule has 0 aromatic heterocycles. The van der Waals surface area contributed by atoms with Gasteiger partial charge in [-0.3, -0.25) is 4.79 Å². The first-order valence-corrected chi connectivity index (χ1v) is 9.35. The smallest absolute Gasteiger partial charge is 0.240 e. The summed E-state index contributed by atoms with van der Waals surface area (Å²) in [6.07, 6.45) is 0.0425. The molecule has 1 atom stereocenters. The van der Waals surface area contributed by atoms with Gasteiger partial charge in [-0.05, 0) is 30.7 Å². The van der Waals surface area contributed by atoms with Crippen LogP contribution in [0.3, 0.4) is 0 Å². The monoisotopic (exact) mass is 366 g/mol. The van der Waals surface area contributed by atoms with Crippen molar-refractivity contribution in [3.63, 3.8) is 0 Å². The number of hydrogen-bond acceptors (Lipinski definition) is 3. The summed E-state index contributed by atoms with van der Waals surface area (Å²) >= 11 is 6.09. The normalized spacial score (nSPS) is 12.6. The second-order valence-electron chi connectivity index (χ2n) is 5.27. The number of sulfonamides is 1. The van der Waals surface area contributed by atoms with Crippen LogP contribution in [0, 0.1) is 0 Å². The van der Waals surface area contributed by atoms with Crippen LogP contribution in [-0.2, 0) is 14.8 Å². The van der Waals surface area contributed by atoms with Gasteiger partial charge in [-0.25, -0.2) is 13.1 Å². The molecular weight excluding hydrogens is 348 g/mol. The van der Waals surface area contributed by atoms with E-state index in [2.05, 4.69) is 10.0 Å². The summed E-state index contributed by atoms with van der Waals surface area (Å²) in [5.74, 6) is -0.252. The van der Waals surface area contributed by atoms with Gasteiger partial charge in [0.05, 0.1) is 10.9 Å². The van der Waals surface area contributed by atoms with Crippen molar-refractivity contribution >= 4 is 27.5 Å². The second-order valence-corrected chi connectivity index (χ2v) is 7.45. The van der Waals surface area contributed by atoms with Crippen molar-refractivity contribution in [2.75, 3.05) is 6.54 Å². The minimum Gasteiger partial charge on any atom is -0.349 e. The predicted molar refractivity (Wildman–Crippen MR) is 94.3 cm³/mol. The van der Waals surface area contributed by atoms with Gasteiger partial charge < -0.3 is 5.32 Å². The molecule has 1 amide bonds. The summed E-state index contributed by atoms with van der Waals surface area (Å²) in [7, 11) is -3.59. The first kappa shape index (κ1) is 18.4. The zero-order valence-corrected chi connectivity index (χ0v) is 14.8. The molecule has 0 fully saturated rings. The topological polar surface area (TPSA) is 75.3 Å². The molecule has 1 unspecified atom stereocenters. The molecule has 2 rings (SSSR count). The lowest BCUT2D eigenvalue weighted by Gasteiger charge is -2.15. The van der Waals surface area contributed by atoms with Gasteiger partial charge in [-0.1, -0.05) is 48.0 Å². The van der Waals surface area contributed by atoms with Crippen LogP contribution in [0.1, 0.15) is 24.9 Å². The van der Waals surface area contributed by atoms with Crippen LogP contribution in [0.25, 0.3) is 0 Å². The fourth-order valence-corrected chi connectivity index (χ4v) is 3.55. The van der Waals surface area contributed by atoms with E-state index in [0.29, 0.717) is 5.02 Å². The molecule has 0 aliphatic carbocycles. The van der Waals surface area contributed by atoms with Crippen molar-refractivity contribution in [3.8, 4) is 0 Å². The van der Waals surface area contributed by atoms with Crippen LogP contribution in [-0.4, -0.2) is 20.9 Å². The third-order valence-corrected chi connectivity index (χ3v) is 5.27. The summed E-state index contributed by atoms with van der Waals surface area (Å²) in [5, 5.41) is 3.38. The number of halogens is 1. The number of hydrogen-bond donors (Lipinski definition) is 2. The molecule has 128 valence electrons. The second kappa shape index (κ2) is 8.28. The van der Waals surface area contributed by atoms with Gasteiger partial charge in [-0.2, -0.15) is 0 Å². The van der Waals surface area contributed by atoms with Crippen LogP contribution >= 0.6 is 11.6 Å². The molecule has 0 radical (unpaired) electrons. The molecule has 24 heavy (non-hydrogen) atoms. The molecule has 5 nitrogen and oxygen atoms in total. The van der Waals surface area contributed by atoms with Gasteiger partial charge in [0.15, 0.2) is 0 Å². The molecule has 0 bridgehead atoms. The number of carbonyl (C=O) groups excluding carboxylic acids is 1. The van der Waals surface area contributed by atoms with Crippen LogP contribution in [0.2, 0.25) is 5.02 Å². The summed E-state index contributed by atoms with van der Waals surface area (Å²) < 4.78 is 26.5. The van der Waals surface area contributed by atoms with Crippen molar-refractivity contribution in [2.24, 2.45) is 0 Å². The highest BCUT2D eigenvalue weighted by Gasteiger charge is 2.15. The average Bonchev–Trinajstić information content (AvgIpc) is 2.55. The molecule has 7 heteroatoms. The highest BCUT2D eigenvalue weighted by molar-refractivity contribution is 7.89. The van der Waals surface area contributed by atoms with E-state index in [4.69, 9.17) is 11.6 Å². The van der Waals surface area contributed by atoms with Gasteiger partial charge in [0.1, 0.15) is 0 Å². The summed E-state index contributed by atoms with van der Waals surface area (Å²) in [6, 6.07) is 15.0. The highest BCUT2D eigenvalue weighted by atomic mass is 35.5. The SMILES string of the molecule is CC(NC(=O)CCNS(=O)(=O)c1ccccc1)c1ccccc1Cl. The Kier molecular flexibility index (Phi) is 6.36. The average molecular weight is 367 g/mol. The molecule has 0 heterocycles. The fraction of sp³-hybridized carbons (Fsp3) is 0.235. The molecule has 0 aliphatic heterocycles. The predicted octanol–water partition coefficient (Wildman–Crippen LogP) is 2.89. The van der Waals surface area contributed by atoms with Gasteiger partial charge in [-0.15, -0.1) is 0 Å². The van der Waals surface area contributed by atoms with E-state index in [9.17, 15) is 13.2 Å². The molecule has 0 saturated heterocycles. The summed E-state index contributed by atoms with van der Waals surface area (Å²) in [4.78, 5) is 12.1. The van der Waals surface area contributed by atoms with E-state index in [0.717, 1.165) is 5.56 Å². The number of benzene rings is 2. The van der Waals surface area contributed by atoms with Crippen molar-refractivity contribution in [3.05, 3.63) is 65.2 Å².